The van der Waals surface area contributed by atoms with Crippen LogP contribution in [-0.2, 0) is 19.4 Å². The first-order chi connectivity index (χ1) is 11.3. The van der Waals surface area contributed by atoms with Gasteiger partial charge in [0.1, 0.15) is 11.6 Å². The van der Waals surface area contributed by atoms with Crippen LogP contribution >= 0.6 is 0 Å². The summed E-state index contributed by atoms with van der Waals surface area (Å²) in [6.45, 7) is 4.25. The number of aryl methyl sites for hydroxylation is 1. The number of amides is 2. The molecule has 0 unspecified atom stereocenters. The topological polar surface area (TPSA) is 96.4 Å². The Morgan fingerprint density at radius 3 is 2.50 bits per heavy atom. The fourth-order valence-electron chi connectivity index (χ4n) is 2.54. The van der Waals surface area contributed by atoms with Gasteiger partial charge in [0.2, 0.25) is 11.8 Å². The maximum absolute atomic E-state index is 12.3. The van der Waals surface area contributed by atoms with E-state index in [9.17, 15) is 18.0 Å². The van der Waals surface area contributed by atoms with Gasteiger partial charge >= 0.3 is 0 Å². The van der Waals surface area contributed by atoms with Crippen molar-refractivity contribution in [2.45, 2.75) is 26.7 Å². The Morgan fingerprint density at radius 1 is 1.29 bits per heavy atom. The summed E-state index contributed by atoms with van der Waals surface area (Å²) in [6, 6.07) is 3.62. The minimum Gasteiger partial charge on any atom is -0.342 e. The molecule has 0 bridgehead atoms. The smallest absolute Gasteiger partial charge is 0.237 e. The molecule has 132 valence electrons. The van der Waals surface area contributed by atoms with Crippen LogP contribution in [0.15, 0.2) is 18.3 Å². The molecule has 1 N–H and O–H groups in total. The lowest BCUT2D eigenvalue weighted by Crippen LogP contribution is -2.43. The molecule has 1 aliphatic heterocycles. The van der Waals surface area contributed by atoms with Crippen molar-refractivity contribution in [3.8, 4) is 0 Å². The zero-order chi connectivity index (χ0) is 17.7. The molecule has 0 spiro atoms. The normalized spacial score (nSPS) is 16.0. The highest BCUT2D eigenvalue weighted by Crippen LogP contribution is 2.19. The first kappa shape index (κ1) is 18.4. The lowest BCUT2D eigenvalue weighted by molar-refractivity contribution is -0.132. The molecule has 0 aliphatic carbocycles. The Bertz CT molecular complexity index is 693. The molecule has 7 nitrogen and oxygen atoms in total. The van der Waals surface area contributed by atoms with Gasteiger partial charge in [0.15, 0.2) is 9.84 Å². The van der Waals surface area contributed by atoms with E-state index in [0.717, 1.165) is 5.56 Å². The van der Waals surface area contributed by atoms with Crippen molar-refractivity contribution >= 4 is 27.5 Å². The zero-order valence-electron chi connectivity index (χ0n) is 14.0. The summed E-state index contributed by atoms with van der Waals surface area (Å²) >= 11 is 0. The number of hydrogen-bond donors (Lipinski definition) is 1. The molecule has 1 aromatic rings. The third-order valence-corrected chi connectivity index (χ3v) is 5.73. The van der Waals surface area contributed by atoms with Crippen molar-refractivity contribution in [3.63, 3.8) is 0 Å². The second-order valence-electron chi connectivity index (χ2n) is 6.04. The highest BCUT2D eigenvalue weighted by atomic mass is 32.2. The molecule has 8 heteroatoms. The van der Waals surface area contributed by atoms with Crippen molar-refractivity contribution in [2.75, 3.05) is 29.9 Å². The Morgan fingerprint density at radius 2 is 1.96 bits per heavy atom. The molecular formula is C16H23N3O4S. The third-order valence-electron chi connectivity index (χ3n) is 4.16. The van der Waals surface area contributed by atoms with Crippen molar-refractivity contribution in [1.29, 1.82) is 0 Å². The van der Waals surface area contributed by atoms with Crippen LogP contribution in [-0.4, -0.2) is 54.7 Å². The summed E-state index contributed by atoms with van der Waals surface area (Å²) in [7, 11) is -3.32. The highest BCUT2D eigenvalue weighted by molar-refractivity contribution is 7.92. The van der Waals surface area contributed by atoms with E-state index in [1.807, 2.05) is 13.0 Å². The van der Waals surface area contributed by atoms with E-state index in [4.69, 9.17) is 0 Å². The van der Waals surface area contributed by atoms with Gasteiger partial charge in [-0.25, -0.2) is 13.4 Å². The van der Waals surface area contributed by atoms with E-state index in [0.29, 0.717) is 31.7 Å². The van der Waals surface area contributed by atoms with E-state index >= 15 is 0 Å². The van der Waals surface area contributed by atoms with Crippen LogP contribution in [0.4, 0.5) is 5.82 Å². The van der Waals surface area contributed by atoms with E-state index in [1.165, 1.54) is 11.8 Å². The molecule has 0 atom stereocenters. The molecule has 0 saturated carbocycles. The van der Waals surface area contributed by atoms with E-state index in [-0.39, 0.29) is 23.5 Å². The monoisotopic (exact) mass is 353 g/mol. The van der Waals surface area contributed by atoms with Crippen molar-refractivity contribution in [2.24, 2.45) is 5.92 Å². The van der Waals surface area contributed by atoms with Gasteiger partial charge in [0.05, 0.1) is 0 Å². The van der Waals surface area contributed by atoms with Crippen molar-refractivity contribution in [1.82, 2.24) is 9.88 Å². The number of anilines is 1. The predicted molar refractivity (Wildman–Crippen MR) is 91.2 cm³/mol. The molecule has 1 fully saturated rings. The van der Waals surface area contributed by atoms with Crippen LogP contribution in [0.3, 0.4) is 0 Å². The van der Waals surface area contributed by atoms with Gasteiger partial charge in [-0.3, -0.25) is 9.59 Å². The lowest BCUT2D eigenvalue weighted by Gasteiger charge is -2.31. The molecule has 0 aromatic carbocycles. The molecule has 2 rings (SSSR count). The number of nitrogens with zero attached hydrogens (tertiary/aromatic N) is 2. The number of likely N-dealkylation sites (tertiary alicyclic amines) is 1. The summed E-state index contributed by atoms with van der Waals surface area (Å²) in [5, 5.41) is 2.78. The first-order valence-electron chi connectivity index (χ1n) is 8.02. The molecule has 2 amide bonds. The van der Waals surface area contributed by atoms with E-state index in [1.54, 1.807) is 12.3 Å². The Hall–Kier alpha value is -1.96. The Labute approximate surface area is 142 Å². The third kappa shape index (κ3) is 5.02. The number of hydrogen-bond acceptors (Lipinski definition) is 5. The van der Waals surface area contributed by atoms with Crippen LogP contribution in [0.1, 0.15) is 25.3 Å². The number of rotatable bonds is 5. The molecule has 1 aliphatic rings. The Kier molecular flexibility index (Phi) is 5.93. The molecule has 0 radical (unpaired) electrons. The maximum atomic E-state index is 12.3. The Balaban J connectivity index is 1.84. The quantitative estimate of drug-likeness (QED) is 0.852. The average molecular weight is 353 g/mol. The van der Waals surface area contributed by atoms with Crippen LogP contribution in [0, 0.1) is 12.8 Å². The van der Waals surface area contributed by atoms with Crippen molar-refractivity contribution < 1.29 is 18.0 Å². The first-order valence-corrected chi connectivity index (χ1v) is 9.84. The lowest BCUT2D eigenvalue weighted by atomic mass is 9.96. The van der Waals surface area contributed by atoms with Gasteiger partial charge in [0.25, 0.3) is 0 Å². The number of piperidine rings is 1. The largest absolute Gasteiger partial charge is 0.342 e. The van der Waals surface area contributed by atoms with Crippen LogP contribution < -0.4 is 5.32 Å². The van der Waals surface area contributed by atoms with Gasteiger partial charge in [-0.05, 0) is 31.4 Å². The van der Waals surface area contributed by atoms with Crippen LogP contribution in [0.5, 0.6) is 0 Å². The summed E-state index contributed by atoms with van der Waals surface area (Å²) in [6.07, 6.45) is 2.73. The van der Waals surface area contributed by atoms with Crippen LogP contribution in [0.2, 0.25) is 0 Å². The second-order valence-corrected chi connectivity index (χ2v) is 8.39. The number of carbonyl (C=O) groups is 2. The van der Waals surface area contributed by atoms with Gasteiger partial charge in [-0.1, -0.05) is 13.0 Å². The fraction of sp³-hybridized carbons (Fsp3) is 0.562. The minimum absolute atomic E-state index is 0.0405. The summed E-state index contributed by atoms with van der Waals surface area (Å²) in [4.78, 5) is 29.9. The zero-order valence-corrected chi connectivity index (χ0v) is 14.8. The van der Waals surface area contributed by atoms with Gasteiger partial charge < -0.3 is 10.2 Å². The highest BCUT2D eigenvalue weighted by Gasteiger charge is 2.29. The van der Waals surface area contributed by atoms with Crippen LogP contribution in [0.25, 0.3) is 0 Å². The summed E-state index contributed by atoms with van der Waals surface area (Å²) in [5.41, 5.74) is 1.02. The van der Waals surface area contributed by atoms with E-state index in [2.05, 4.69) is 10.3 Å². The average Bonchev–Trinajstić information content (AvgIpc) is 2.56. The molecule has 1 aromatic heterocycles. The van der Waals surface area contributed by atoms with E-state index < -0.39 is 15.6 Å². The number of pyridine rings is 1. The molecule has 2 heterocycles. The van der Waals surface area contributed by atoms with Gasteiger partial charge in [0, 0.05) is 31.0 Å². The molecule has 1 saturated heterocycles. The fourth-order valence-corrected chi connectivity index (χ4v) is 3.31. The second kappa shape index (κ2) is 7.74. The minimum atomic E-state index is -3.32. The molecular weight excluding hydrogens is 330 g/mol. The van der Waals surface area contributed by atoms with Gasteiger partial charge in [-0.2, -0.15) is 0 Å². The number of aromatic nitrogens is 1. The number of nitrogens with one attached hydrogen (secondary N) is 1. The SMILES string of the molecule is CCS(=O)(=O)CC(=O)N1CCC(C(=O)Nc2ccc(C)cn2)CC1. The molecule has 24 heavy (non-hydrogen) atoms. The number of carbonyl (C=O) groups excluding carboxylic acids is 2. The standard InChI is InChI=1S/C16H23N3O4S/c1-3-24(22,23)11-15(20)19-8-6-13(7-9-19)16(21)18-14-5-4-12(2)10-17-14/h4-5,10,13H,3,6-9,11H2,1-2H3,(H,17,18,21). The van der Waals surface area contributed by atoms with Gasteiger partial charge in [-0.15, -0.1) is 0 Å². The maximum Gasteiger partial charge on any atom is 0.237 e. The summed E-state index contributed by atoms with van der Waals surface area (Å²) < 4.78 is 23.1. The summed E-state index contributed by atoms with van der Waals surface area (Å²) in [5.74, 6) is -0.664. The van der Waals surface area contributed by atoms with Crippen molar-refractivity contribution in [3.05, 3.63) is 23.9 Å². The predicted octanol–water partition coefficient (Wildman–Crippen LogP) is 1.00. The number of sulfone groups is 1.